The van der Waals surface area contributed by atoms with Gasteiger partial charge in [0.15, 0.2) is 0 Å². The van der Waals surface area contributed by atoms with E-state index in [1.54, 1.807) is 0 Å². The van der Waals surface area contributed by atoms with Gasteiger partial charge in [0.05, 0.1) is 13.2 Å². The number of ether oxygens (including phenoxy) is 1. The van der Waals surface area contributed by atoms with Gasteiger partial charge in [-0.2, -0.15) is 0 Å². The maximum Gasteiger partial charge on any atom is 0.100 e. The molecule has 2 nitrogen and oxygen atoms in total. The largest absolute Gasteiger partial charge is 0.371 e. The van der Waals surface area contributed by atoms with Crippen LogP contribution in [0, 0.1) is 0 Å². The Bertz CT molecular complexity index is 265. The van der Waals surface area contributed by atoms with Gasteiger partial charge in [-0.1, -0.05) is 44.2 Å². The van der Waals surface area contributed by atoms with Crippen LogP contribution in [0.4, 0.5) is 0 Å². The molecule has 0 saturated carbocycles. The van der Waals surface area contributed by atoms with E-state index in [1.807, 2.05) is 50.4 Å². The van der Waals surface area contributed by atoms with Crippen molar-refractivity contribution in [2.24, 2.45) is 4.99 Å². The van der Waals surface area contributed by atoms with E-state index < -0.39 is 0 Å². The average Bonchev–Trinajstić information content (AvgIpc) is 3.07. The highest BCUT2D eigenvalue weighted by atomic mass is 16.6. The molecule has 1 fully saturated rings. The van der Waals surface area contributed by atoms with Crippen LogP contribution >= 0.6 is 0 Å². The van der Waals surface area contributed by atoms with E-state index in [2.05, 4.69) is 4.99 Å². The third kappa shape index (κ3) is 4.19. The van der Waals surface area contributed by atoms with Gasteiger partial charge in [0, 0.05) is 6.21 Å². The molecule has 1 aromatic rings. The topological polar surface area (TPSA) is 24.9 Å². The lowest BCUT2D eigenvalue weighted by atomic mass is 10.2. The average molecular weight is 191 g/mol. The molecule has 1 heterocycles. The van der Waals surface area contributed by atoms with Gasteiger partial charge in [-0.15, -0.1) is 0 Å². The van der Waals surface area contributed by atoms with Crippen LogP contribution in [0.5, 0.6) is 0 Å². The van der Waals surface area contributed by atoms with Gasteiger partial charge in [-0.05, 0) is 5.56 Å². The van der Waals surface area contributed by atoms with Gasteiger partial charge in [0.2, 0.25) is 0 Å². The Morgan fingerprint density at radius 1 is 1.36 bits per heavy atom. The summed E-state index contributed by atoms with van der Waals surface area (Å²) in [6.07, 6.45) is 2.28. The molecule has 2 rings (SSSR count). The number of hydrogen-bond acceptors (Lipinski definition) is 2. The molecule has 0 aromatic heterocycles. The van der Waals surface area contributed by atoms with E-state index >= 15 is 0 Å². The van der Waals surface area contributed by atoms with Gasteiger partial charge in [-0.25, -0.2) is 0 Å². The van der Waals surface area contributed by atoms with Gasteiger partial charge >= 0.3 is 0 Å². The van der Waals surface area contributed by atoms with Gasteiger partial charge in [0.25, 0.3) is 0 Å². The van der Waals surface area contributed by atoms with E-state index in [-0.39, 0.29) is 0 Å². The first kappa shape index (κ1) is 10.9. The van der Waals surface area contributed by atoms with Crippen LogP contribution in [0.25, 0.3) is 0 Å². The third-order valence-corrected chi connectivity index (χ3v) is 1.75. The molecule has 0 bridgehead atoms. The molecule has 0 amide bonds. The Kier molecular flexibility index (Phi) is 4.94. The summed E-state index contributed by atoms with van der Waals surface area (Å²) in [5.74, 6) is 0. The van der Waals surface area contributed by atoms with Gasteiger partial charge in [0.1, 0.15) is 6.10 Å². The molecule has 76 valence electrons. The molecule has 1 unspecified atom stereocenters. The van der Waals surface area contributed by atoms with Crippen molar-refractivity contribution >= 4 is 6.21 Å². The first-order valence-corrected chi connectivity index (χ1v) is 5.11. The lowest BCUT2D eigenvalue weighted by molar-refractivity contribution is 0.413. The zero-order chi connectivity index (χ0) is 10.2. The quantitative estimate of drug-likeness (QED) is 0.532. The highest BCUT2D eigenvalue weighted by Gasteiger charge is 2.20. The van der Waals surface area contributed by atoms with Gasteiger partial charge in [-0.3, -0.25) is 4.99 Å². The SMILES string of the molecule is C(=NCC1CO1)c1ccccc1.CC. The number of hydrogen-bond donors (Lipinski definition) is 0. The van der Waals surface area contributed by atoms with Crippen LogP contribution in [0.2, 0.25) is 0 Å². The lowest BCUT2D eigenvalue weighted by Gasteiger charge is -1.89. The molecule has 0 N–H and O–H groups in total. The number of benzene rings is 1. The van der Waals surface area contributed by atoms with Crippen LogP contribution in [0.3, 0.4) is 0 Å². The van der Waals surface area contributed by atoms with E-state index in [9.17, 15) is 0 Å². The van der Waals surface area contributed by atoms with E-state index in [0.29, 0.717) is 6.10 Å². The highest BCUT2D eigenvalue weighted by Crippen LogP contribution is 2.08. The fraction of sp³-hybridized carbons (Fsp3) is 0.417. The Balaban J connectivity index is 0.000000461. The monoisotopic (exact) mass is 191 g/mol. The van der Waals surface area contributed by atoms with Crippen molar-refractivity contribution in [3.63, 3.8) is 0 Å². The Morgan fingerprint density at radius 3 is 2.57 bits per heavy atom. The maximum absolute atomic E-state index is 5.03. The Morgan fingerprint density at radius 2 is 2.00 bits per heavy atom. The molecule has 1 aliphatic rings. The van der Waals surface area contributed by atoms with Gasteiger partial charge < -0.3 is 4.74 Å². The molecular weight excluding hydrogens is 174 g/mol. The molecule has 0 aliphatic carbocycles. The molecule has 14 heavy (non-hydrogen) atoms. The Hall–Kier alpha value is -1.15. The second kappa shape index (κ2) is 6.33. The first-order valence-electron chi connectivity index (χ1n) is 5.11. The fourth-order valence-corrected chi connectivity index (χ4v) is 0.988. The van der Waals surface area contributed by atoms with Crippen molar-refractivity contribution < 1.29 is 4.74 Å². The molecule has 2 heteroatoms. The lowest BCUT2D eigenvalue weighted by Crippen LogP contribution is -1.91. The molecular formula is C12H17NO. The minimum absolute atomic E-state index is 0.393. The minimum atomic E-state index is 0.393. The summed E-state index contributed by atoms with van der Waals surface area (Å²) in [4.78, 5) is 4.25. The summed E-state index contributed by atoms with van der Waals surface area (Å²) in [6, 6.07) is 10.1. The summed E-state index contributed by atoms with van der Waals surface area (Å²) in [5.41, 5.74) is 1.15. The van der Waals surface area contributed by atoms with Crippen molar-refractivity contribution in [3.8, 4) is 0 Å². The second-order valence-corrected chi connectivity index (χ2v) is 2.86. The summed E-state index contributed by atoms with van der Waals surface area (Å²) >= 11 is 0. The molecule has 0 spiro atoms. The standard InChI is InChI=1S/C10H11NO.C2H6/c1-2-4-9(5-3-1)6-11-7-10-8-12-10;1-2/h1-6,10H,7-8H2;1-2H3. The normalized spacial score (nSPS) is 18.9. The molecule has 1 atom stereocenters. The minimum Gasteiger partial charge on any atom is -0.371 e. The Labute approximate surface area is 85.6 Å². The zero-order valence-electron chi connectivity index (χ0n) is 8.81. The van der Waals surface area contributed by atoms with Crippen molar-refractivity contribution in [2.75, 3.05) is 13.2 Å². The van der Waals surface area contributed by atoms with Crippen LogP contribution in [-0.4, -0.2) is 25.5 Å². The van der Waals surface area contributed by atoms with Crippen molar-refractivity contribution in [3.05, 3.63) is 35.9 Å². The van der Waals surface area contributed by atoms with Crippen molar-refractivity contribution in [2.45, 2.75) is 20.0 Å². The highest BCUT2D eigenvalue weighted by molar-refractivity contribution is 5.79. The van der Waals surface area contributed by atoms with E-state index in [4.69, 9.17) is 4.74 Å². The summed E-state index contributed by atoms with van der Waals surface area (Å²) in [6.45, 7) is 5.68. The van der Waals surface area contributed by atoms with Crippen molar-refractivity contribution in [1.82, 2.24) is 0 Å². The predicted molar refractivity (Wildman–Crippen MR) is 60.0 cm³/mol. The summed E-state index contributed by atoms with van der Waals surface area (Å²) in [7, 11) is 0. The fourth-order valence-electron chi connectivity index (χ4n) is 0.988. The zero-order valence-corrected chi connectivity index (χ0v) is 8.81. The smallest absolute Gasteiger partial charge is 0.100 e. The predicted octanol–water partition coefficient (Wildman–Crippen LogP) is 2.53. The number of epoxide rings is 1. The number of aliphatic imine (C=N–C) groups is 1. The molecule has 1 aromatic carbocycles. The number of nitrogens with zero attached hydrogens (tertiary/aromatic N) is 1. The molecule has 1 aliphatic heterocycles. The third-order valence-electron chi connectivity index (χ3n) is 1.75. The van der Waals surface area contributed by atoms with Crippen LogP contribution in [-0.2, 0) is 4.74 Å². The summed E-state index contributed by atoms with van der Waals surface area (Å²) < 4.78 is 5.03. The van der Waals surface area contributed by atoms with Crippen LogP contribution < -0.4 is 0 Å². The first-order chi connectivity index (χ1) is 6.95. The van der Waals surface area contributed by atoms with Crippen LogP contribution in [0.1, 0.15) is 19.4 Å². The maximum atomic E-state index is 5.03. The second-order valence-electron chi connectivity index (χ2n) is 2.86. The molecule has 0 radical (unpaired) electrons. The summed E-state index contributed by atoms with van der Waals surface area (Å²) in [5, 5.41) is 0. The van der Waals surface area contributed by atoms with E-state index in [1.165, 1.54) is 0 Å². The molecule has 1 saturated heterocycles. The van der Waals surface area contributed by atoms with Crippen molar-refractivity contribution in [1.29, 1.82) is 0 Å². The van der Waals surface area contributed by atoms with Crippen LogP contribution in [0.15, 0.2) is 35.3 Å². The van der Waals surface area contributed by atoms with E-state index in [0.717, 1.165) is 18.7 Å². The number of rotatable bonds is 3.